The average Bonchev–Trinajstić information content (AvgIpc) is 2.02. The highest BCUT2D eigenvalue weighted by Crippen LogP contribution is 2.24. The van der Waals surface area contributed by atoms with E-state index < -0.39 is 11.6 Å². The third-order valence-electron chi connectivity index (χ3n) is 2.50. The zero-order valence-electron chi connectivity index (χ0n) is 7.59. The van der Waals surface area contributed by atoms with E-state index in [4.69, 9.17) is 5.73 Å². The van der Waals surface area contributed by atoms with Crippen LogP contribution in [0.4, 0.5) is 8.78 Å². The van der Waals surface area contributed by atoms with Gasteiger partial charge in [0.1, 0.15) is 11.6 Å². The van der Waals surface area contributed by atoms with Gasteiger partial charge in [0.05, 0.1) is 0 Å². The van der Waals surface area contributed by atoms with Gasteiger partial charge in [0.2, 0.25) is 0 Å². The van der Waals surface area contributed by atoms with Crippen LogP contribution in [0.25, 0.3) is 0 Å². The van der Waals surface area contributed by atoms with Crippen LogP contribution in [0, 0.1) is 11.6 Å². The van der Waals surface area contributed by atoms with Gasteiger partial charge in [-0.05, 0) is 36.5 Å². The first kappa shape index (κ1) is 11.6. The number of benzene rings is 1. The molecule has 0 aliphatic heterocycles. The van der Waals surface area contributed by atoms with Crippen LogP contribution >= 0.6 is 17.0 Å². The Morgan fingerprint density at radius 3 is 2.71 bits per heavy atom. The molecule has 0 bridgehead atoms. The van der Waals surface area contributed by atoms with Gasteiger partial charge in [0.15, 0.2) is 0 Å². The SMILES string of the molecule is Br.NC1CCc2c(F)cc(F)cc2C1. The molecule has 0 saturated carbocycles. The molecule has 0 heterocycles. The molecule has 4 heteroatoms. The normalized spacial score (nSPS) is 19.8. The Labute approximate surface area is 92.1 Å². The Morgan fingerprint density at radius 1 is 1.29 bits per heavy atom. The van der Waals surface area contributed by atoms with Crippen molar-refractivity contribution in [2.24, 2.45) is 5.73 Å². The highest BCUT2D eigenvalue weighted by molar-refractivity contribution is 8.93. The molecule has 2 rings (SSSR count). The van der Waals surface area contributed by atoms with Gasteiger partial charge >= 0.3 is 0 Å². The lowest BCUT2D eigenvalue weighted by molar-refractivity contribution is 0.520. The van der Waals surface area contributed by atoms with Crippen molar-refractivity contribution >= 4 is 17.0 Å². The van der Waals surface area contributed by atoms with Crippen molar-refractivity contribution in [1.29, 1.82) is 0 Å². The second kappa shape index (κ2) is 4.36. The summed E-state index contributed by atoms with van der Waals surface area (Å²) >= 11 is 0. The second-order valence-electron chi connectivity index (χ2n) is 3.53. The fraction of sp³-hybridized carbons (Fsp3) is 0.400. The standard InChI is InChI=1S/C10H11F2N.BrH/c11-7-3-6-4-8(13)1-2-9(6)10(12)5-7;/h3,5,8H,1-2,4,13H2;1H. The molecule has 0 aromatic heterocycles. The molecule has 0 radical (unpaired) electrons. The third-order valence-corrected chi connectivity index (χ3v) is 2.50. The molecule has 2 N–H and O–H groups in total. The summed E-state index contributed by atoms with van der Waals surface area (Å²) in [4.78, 5) is 0. The van der Waals surface area contributed by atoms with E-state index in [0.29, 0.717) is 18.4 Å². The van der Waals surface area contributed by atoms with Crippen molar-refractivity contribution in [3.05, 3.63) is 34.9 Å². The van der Waals surface area contributed by atoms with Crippen LogP contribution in [-0.4, -0.2) is 6.04 Å². The maximum atomic E-state index is 13.2. The molecule has 0 saturated heterocycles. The predicted octanol–water partition coefficient (Wildman–Crippen LogP) is 2.36. The van der Waals surface area contributed by atoms with Crippen molar-refractivity contribution in [2.45, 2.75) is 25.3 Å². The molecular formula is C10H12BrF2N. The summed E-state index contributed by atoms with van der Waals surface area (Å²) in [6, 6.07) is 2.38. The second-order valence-corrected chi connectivity index (χ2v) is 3.53. The van der Waals surface area contributed by atoms with Crippen LogP contribution in [0.3, 0.4) is 0 Å². The first-order valence-electron chi connectivity index (χ1n) is 4.39. The molecular weight excluding hydrogens is 252 g/mol. The minimum absolute atomic E-state index is 0. The molecule has 78 valence electrons. The molecule has 0 amide bonds. The Bertz CT molecular complexity index is 341. The van der Waals surface area contributed by atoms with Crippen molar-refractivity contribution in [1.82, 2.24) is 0 Å². The first-order valence-corrected chi connectivity index (χ1v) is 4.39. The fourth-order valence-corrected chi connectivity index (χ4v) is 1.83. The number of hydrogen-bond acceptors (Lipinski definition) is 1. The molecule has 1 aliphatic rings. The lowest BCUT2D eigenvalue weighted by atomic mass is 9.88. The molecule has 1 aromatic carbocycles. The molecule has 1 unspecified atom stereocenters. The predicted molar refractivity (Wildman–Crippen MR) is 56.7 cm³/mol. The van der Waals surface area contributed by atoms with E-state index in [-0.39, 0.29) is 23.0 Å². The van der Waals surface area contributed by atoms with Gasteiger partial charge < -0.3 is 5.73 Å². The van der Waals surface area contributed by atoms with Crippen molar-refractivity contribution in [3.8, 4) is 0 Å². The summed E-state index contributed by atoms with van der Waals surface area (Å²) in [6.45, 7) is 0. The Morgan fingerprint density at radius 2 is 2.00 bits per heavy atom. The molecule has 0 fully saturated rings. The zero-order valence-corrected chi connectivity index (χ0v) is 9.31. The molecule has 1 aliphatic carbocycles. The number of rotatable bonds is 0. The fourth-order valence-electron chi connectivity index (χ4n) is 1.83. The van der Waals surface area contributed by atoms with E-state index in [2.05, 4.69) is 0 Å². The van der Waals surface area contributed by atoms with E-state index in [1.54, 1.807) is 0 Å². The largest absolute Gasteiger partial charge is 0.327 e. The summed E-state index contributed by atoms with van der Waals surface area (Å²) in [7, 11) is 0. The van der Waals surface area contributed by atoms with Gasteiger partial charge in [-0.2, -0.15) is 0 Å². The average molecular weight is 264 g/mol. The minimum Gasteiger partial charge on any atom is -0.327 e. The number of halogens is 3. The van der Waals surface area contributed by atoms with E-state index in [9.17, 15) is 8.78 Å². The van der Waals surface area contributed by atoms with Gasteiger partial charge in [-0.3, -0.25) is 0 Å². The molecule has 1 aromatic rings. The van der Waals surface area contributed by atoms with Gasteiger partial charge in [-0.25, -0.2) is 8.78 Å². The van der Waals surface area contributed by atoms with Crippen LogP contribution in [0.15, 0.2) is 12.1 Å². The van der Waals surface area contributed by atoms with E-state index in [0.717, 1.165) is 18.1 Å². The van der Waals surface area contributed by atoms with Gasteiger partial charge in [0, 0.05) is 12.1 Å². The van der Waals surface area contributed by atoms with Crippen molar-refractivity contribution in [3.63, 3.8) is 0 Å². The zero-order chi connectivity index (χ0) is 9.42. The molecule has 0 spiro atoms. The highest BCUT2D eigenvalue weighted by Gasteiger charge is 2.19. The maximum absolute atomic E-state index is 13.2. The van der Waals surface area contributed by atoms with Gasteiger partial charge in [-0.1, -0.05) is 0 Å². The van der Waals surface area contributed by atoms with Crippen LogP contribution in [0.5, 0.6) is 0 Å². The Hall–Kier alpha value is -0.480. The molecule has 1 nitrogen and oxygen atoms in total. The first-order chi connectivity index (χ1) is 6.16. The lowest BCUT2D eigenvalue weighted by Crippen LogP contribution is -2.28. The van der Waals surface area contributed by atoms with Crippen LogP contribution in [0.2, 0.25) is 0 Å². The number of fused-ring (bicyclic) bond motifs is 1. The van der Waals surface area contributed by atoms with Gasteiger partial charge in [-0.15, -0.1) is 17.0 Å². The van der Waals surface area contributed by atoms with E-state index in [1.165, 1.54) is 6.07 Å². The molecule has 14 heavy (non-hydrogen) atoms. The highest BCUT2D eigenvalue weighted by atomic mass is 79.9. The summed E-state index contributed by atoms with van der Waals surface area (Å²) < 4.78 is 26.0. The Balaban J connectivity index is 0.000000980. The Kier molecular flexibility index (Phi) is 3.61. The molecule has 1 atom stereocenters. The van der Waals surface area contributed by atoms with E-state index in [1.807, 2.05) is 0 Å². The monoisotopic (exact) mass is 263 g/mol. The smallest absolute Gasteiger partial charge is 0.129 e. The van der Waals surface area contributed by atoms with Crippen molar-refractivity contribution in [2.75, 3.05) is 0 Å². The lowest BCUT2D eigenvalue weighted by Gasteiger charge is -2.21. The quantitative estimate of drug-likeness (QED) is 0.764. The number of nitrogens with two attached hydrogens (primary N) is 1. The van der Waals surface area contributed by atoms with Crippen LogP contribution in [0.1, 0.15) is 17.5 Å². The van der Waals surface area contributed by atoms with Crippen molar-refractivity contribution < 1.29 is 8.78 Å². The summed E-state index contributed by atoms with van der Waals surface area (Å²) in [5.74, 6) is -0.938. The summed E-state index contributed by atoms with van der Waals surface area (Å²) in [5, 5.41) is 0. The minimum atomic E-state index is -0.509. The summed E-state index contributed by atoms with van der Waals surface area (Å²) in [5.41, 5.74) is 7.08. The van der Waals surface area contributed by atoms with Crippen LogP contribution < -0.4 is 5.73 Å². The van der Waals surface area contributed by atoms with Crippen LogP contribution in [-0.2, 0) is 12.8 Å². The summed E-state index contributed by atoms with van der Waals surface area (Å²) in [6.07, 6.45) is 2.00. The number of hydrogen-bond donors (Lipinski definition) is 1. The maximum Gasteiger partial charge on any atom is 0.129 e. The van der Waals surface area contributed by atoms with E-state index >= 15 is 0 Å². The topological polar surface area (TPSA) is 26.0 Å². The third kappa shape index (κ3) is 2.12. The van der Waals surface area contributed by atoms with Gasteiger partial charge in [0.25, 0.3) is 0 Å².